The largest absolute Gasteiger partial charge is 0.326 e. The summed E-state index contributed by atoms with van der Waals surface area (Å²) in [5.74, 6) is 2.76. The van der Waals surface area contributed by atoms with Crippen molar-refractivity contribution in [2.45, 2.75) is 43.9 Å². The smallest absolute Gasteiger partial charge is 0.124 e. The molecule has 3 rings (SSSR count). The molecule has 1 unspecified atom stereocenters. The molecule has 2 heterocycles. The Morgan fingerprint density at radius 2 is 2.32 bits per heavy atom. The summed E-state index contributed by atoms with van der Waals surface area (Å²) < 4.78 is 2.66. The third-order valence-corrected chi connectivity index (χ3v) is 5.73. The molecule has 1 atom stereocenters. The van der Waals surface area contributed by atoms with Gasteiger partial charge in [-0.25, -0.2) is 4.98 Å². The first-order valence-corrected chi connectivity index (χ1v) is 8.30. The molecule has 1 saturated heterocycles. The van der Waals surface area contributed by atoms with E-state index in [2.05, 4.69) is 48.4 Å². The Bertz CT molecular complexity index is 599. The van der Waals surface area contributed by atoms with E-state index in [9.17, 15) is 0 Å². The highest BCUT2D eigenvalue weighted by Gasteiger charge is 2.31. The van der Waals surface area contributed by atoms with Crippen LogP contribution in [0.4, 0.5) is 0 Å². The molecule has 1 aliphatic rings. The molecule has 2 nitrogen and oxygen atoms in total. The van der Waals surface area contributed by atoms with Gasteiger partial charge in [0.05, 0.1) is 16.9 Å². The van der Waals surface area contributed by atoms with E-state index in [0.29, 0.717) is 10.6 Å². The summed E-state index contributed by atoms with van der Waals surface area (Å²) in [5.41, 5.74) is 3.56. The maximum absolute atomic E-state index is 6.10. The number of alkyl halides is 1. The number of aromatic nitrogens is 2. The van der Waals surface area contributed by atoms with Crippen molar-refractivity contribution >= 4 is 34.4 Å². The Morgan fingerprint density at radius 1 is 1.47 bits per heavy atom. The Labute approximate surface area is 123 Å². The molecule has 0 spiro atoms. The van der Waals surface area contributed by atoms with E-state index in [1.54, 1.807) is 0 Å². The second-order valence-electron chi connectivity index (χ2n) is 5.59. The number of nitrogens with zero attached hydrogens (tertiary/aromatic N) is 2. The molecule has 1 aliphatic heterocycles. The van der Waals surface area contributed by atoms with Crippen molar-refractivity contribution in [3.8, 4) is 0 Å². The minimum Gasteiger partial charge on any atom is -0.326 e. The van der Waals surface area contributed by atoms with Crippen LogP contribution in [-0.4, -0.2) is 20.1 Å². The fourth-order valence-electron chi connectivity index (χ4n) is 2.91. The number of benzene rings is 1. The summed E-state index contributed by atoms with van der Waals surface area (Å²) >= 11 is 8.18. The van der Waals surface area contributed by atoms with Gasteiger partial charge in [0.1, 0.15) is 5.82 Å². The molecule has 0 N–H and O–H groups in total. The summed E-state index contributed by atoms with van der Waals surface area (Å²) in [6, 6.07) is 6.38. The first kappa shape index (κ1) is 13.3. The molecule has 0 radical (unpaired) electrons. The van der Waals surface area contributed by atoms with Crippen LogP contribution in [0, 0.1) is 6.92 Å². The quantitative estimate of drug-likeness (QED) is 0.782. The first-order valence-electron chi connectivity index (χ1n) is 6.78. The van der Waals surface area contributed by atoms with Crippen LogP contribution in [-0.2, 0) is 12.4 Å². The van der Waals surface area contributed by atoms with Gasteiger partial charge in [-0.05, 0) is 44.1 Å². The molecule has 102 valence electrons. The van der Waals surface area contributed by atoms with Gasteiger partial charge < -0.3 is 4.57 Å². The Hall–Kier alpha value is -0.670. The molecule has 19 heavy (non-hydrogen) atoms. The topological polar surface area (TPSA) is 17.8 Å². The predicted octanol–water partition coefficient (Wildman–Crippen LogP) is 4.37. The second-order valence-corrected chi connectivity index (χ2v) is 7.54. The summed E-state index contributed by atoms with van der Waals surface area (Å²) in [6.45, 7) is 5.49. The average molecular weight is 295 g/mol. The zero-order chi connectivity index (χ0) is 13.5. The van der Waals surface area contributed by atoms with Crippen LogP contribution >= 0.6 is 23.4 Å². The molecule has 1 aromatic heterocycles. The van der Waals surface area contributed by atoms with E-state index >= 15 is 0 Å². The minimum atomic E-state index is 0.332. The van der Waals surface area contributed by atoms with Crippen LogP contribution in [0.2, 0.25) is 0 Å². The summed E-state index contributed by atoms with van der Waals surface area (Å²) in [5, 5.41) is 0. The Morgan fingerprint density at radius 3 is 3.00 bits per heavy atom. The number of halogens is 1. The van der Waals surface area contributed by atoms with Crippen molar-refractivity contribution in [1.82, 2.24) is 9.55 Å². The Balaban J connectivity index is 2.08. The SMILES string of the molecule is Cc1cccc2c1nc(CCl)n2CC1(C)CCCS1. The lowest BCUT2D eigenvalue weighted by atomic mass is 10.1. The van der Waals surface area contributed by atoms with E-state index in [-0.39, 0.29) is 0 Å². The van der Waals surface area contributed by atoms with Gasteiger partial charge in [0.25, 0.3) is 0 Å². The molecule has 0 amide bonds. The van der Waals surface area contributed by atoms with Crippen molar-refractivity contribution < 1.29 is 0 Å². The van der Waals surface area contributed by atoms with Crippen molar-refractivity contribution in [2.75, 3.05) is 5.75 Å². The van der Waals surface area contributed by atoms with Crippen LogP contribution < -0.4 is 0 Å². The molecule has 0 bridgehead atoms. The predicted molar refractivity (Wildman–Crippen MR) is 84.1 cm³/mol. The number of hydrogen-bond acceptors (Lipinski definition) is 2. The Kier molecular flexibility index (Phi) is 3.52. The minimum absolute atomic E-state index is 0.332. The molecular formula is C15H19ClN2S. The normalized spacial score (nSPS) is 23.3. The van der Waals surface area contributed by atoms with Crippen LogP contribution in [0.3, 0.4) is 0 Å². The molecule has 1 aromatic carbocycles. The number of rotatable bonds is 3. The number of fused-ring (bicyclic) bond motifs is 1. The number of aryl methyl sites for hydroxylation is 1. The van der Waals surface area contributed by atoms with Gasteiger partial charge in [0.2, 0.25) is 0 Å². The number of imidazole rings is 1. The van der Waals surface area contributed by atoms with Crippen molar-refractivity contribution in [3.63, 3.8) is 0 Å². The van der Waals surface area contributed by atoms with Crippen molar-refractivity contribution in [2.24, 2.45) is 0 Å². The summed E-state index contributed by atoms with van der Waals surface area (Å²) in [6.07, 6.45) is 2.61. The number of hydrogen-bond donors (Lipinski definition) is 0. The molecule has 4 heteroatoms. The van der Waals surface area contributed by atoms with Gasteiger partial charge in [-0.1, -0.05) is 12.1 Å². The average Bonchev–Trinajstić information content (AvgIpc) is 2.96. The van der Waals surface area contributed by atoms with Crippen LogP contribution in [0.25, 0.3) is 11.0 Å². The maximum atomic E-state index is 6.10. The van der Waals surface area contributed by atoms with Gasteiger partial charge in [-0.2, -0.15) is 11.8 Å². The molecule has 0 aliphatic carbocycles. The lowest BCUT2D eigenvalue weighted by Crippen LogP contribution is -2.24. The van der Waals surface area contributed by atoms with E-state index in [0.717, 1.165) is 17.9 Å². The second kappa shape index (κ2) is 5.02. The molecular weight excluding hydrogens is 276 g/mol. The van der Waals surface area contributed by atoms with E-state index < -0.39 is 0 Å². The van der Waals surface area contributed by atoms with Gasteiger partial charge in [-0.3, -0.25) is 0 Å². The zero-order valence-corrected chi connectivity index (χ0v) is 13.0. The monoisotopic (exact) mass is 294 g/mol. The van der Waals surface area contributed by atoms with Crippen LogP contribution in [0.1, 0.15) is 31.2 Å². The van der Waals surface area contributed by atoms with Crippen molar-refractivity contribution in [1.29, 1.82) is 0 Å². The fraction of sp³-hybridized carbons (Fsp3) is 0.533. The summed E-state index contributed by atoms with van der Waals surface area (Å²) in [4.78, 5) is 4.73. The van der Waals surface area contributed by atoms with E-state index in [1.807, 2.05) is 0 Å². The molecule has 1 fully saturated rings. The highest BCUT2D eigenvalue weighted by atomic mass is 35.5. The van der Waals surface area contributed by atoms with Gasteiger partial charge in [0, 0.05) is 11.3 Å². The lowest BCUT2D eigenvalue weighted by Gasteiger charge is -2.24. The third-order valence-electron chi connectivity index (χ3n) is 3.97. The maximum Gasteiger partial charge on any atom is 0.124 e. The highest BCUT2D eigenvalue weighted by Crippen LogP contribution is 2.40. The van der Waals surface area contributed by atoms with Gasteiger partial charge >= 0.3 is 0 Å². The molecule has 2 aromatic rings. The number of para-hydroxylation sites is 1. The van der Waals surface area contributed by atoms with E-state index in [1.165, 1.54) is 29.7 Å². The highest BCUT2D eigenvalue weighted by molar-refractivity contribution is 8.00. The summed E-state index contributed by atoms with van der Waals surface area (Å²) in [7, 11) is 0. The zero-order valence-electron chi connectivity index (χ0n) is 11.4. The third kappa shape index (κ3) is 2.38. The first-order chi connectivity index (χ1) is 9.13. The number of thioether (sulfide) groups is 1. The van der Waals surface area contributed by atoms with Crippen LogP contribution in [0.5, 0.6) is 0 Å². The van der Waals surface area contributed by atoms with Gasteiger partial charge in [0.15, 0.2) is 0 Å². The van der Waals surface area contributed by atoms with Gasteiger partial charge in [-0.15, -0.1) is 11.6 Å². The fourth-order valence-corrected chi connectivity index (χ4v) is 4.40. The van der Waals surface area contributed by atoms with Crippen LogP contribution in [0.15, 0.2) is 18.2 Å². The van der Waals surface area contributed by atoms with Crippen molar-refractivity contribution in [3.05, 3.63) is 29.6 Å². The molecule has 0 saturated carbocycles. The standard InChI is InChI=1S/C15H19ClN2S/c1-11-5-3-6-12-14(11)17-13(9-16)18(12)10-15(2)7-4-8-19-15/h3,5-6H,4,7-10H2,1-2H3. The van der Waals surface area contributed by atoms with E-state index in [4.69, 9.17) is 16.6 Å². The lowest BCUT2D eigenvalue weighted by molar-refractivity contribution is 0.510.